The maximum absolute atomic E-state index is 6.23. The van der Waals surface area contributed by atoms with E-state index in [1.165, 1.54) is 0 Å². The van der Waals surface area contributed by atoms with Crippen LogP contribution < -0.4 is 10.1 Å². The van der Waals surface area contributed by atoms with Gasteiger partial charge in [0.25, 0.3) is 0 Å². The second-order valence-corrected chi connectivity index (χ2v) is 7.61. The maximum atomic E-state index is 6.23. The van der Waals surface area contributed by atoms with E-state index in [1.807, 2.05) is 30.3 Å². The second kappa shape index (κ2) is 11.8. The van der Waals surface area contributed by atoms with E-state index in [0.717, 1.165) is 49.5 Å². The molecular formula is C21H27Cl3N2O. The van der Waals surface area contributed by atoms with Gasteiger partial charge in [-0.25, -0.2) is 0 Å². The molecule has 2 aromatic carbocycles. The minimum Gasteiger partial charge on any atom is -0.489 e. The summed E-state index contributed by atoms with van der Waals surface area (Å²) in [5.74, 6) is 0.807. The lowest BCUT2D eigenvalue weighted by atomic mass is 10.2. The van der Waals surface area contributed by atoms with Crippen LogP contribution in [0.3, 0.4) is 0 Å². The molecule has 0 atom stereocenters. The molecule has 0 fully saturated rings. The van der Waals surface area contributed by atoms with E-state index < -0.39 is 0 Å². The third-order valence-electron chi connectivity index (χ3n) is 4.46. The fourth-order valence-electron chi connectivity index (χ4n) is 2.81. The van der Waals surface area contributed by atoms with Gasteiger partial charge in [0.2, 0.25) is 0 Å². The average Bonchev–Trinajstić information content (AvgIpc) is 2.65. The molecule has 2 aromatic rings. The summed E-state index contributed by atoms with van der Waals surface area (Å²) in [6.07, 6.45) is 1.11. The van der Waals surface area contributed by atoms with Crippen molar-refractivity contribution in [1.82, 2.24) is 10.2 Å². The van der Waals surface area contributed by atoms with Crippen LogP contribution in [0.5, 0.6) is 5.75 Å². The highest BCUT2D eigenvalue weighted by Crippen LogP contribution is 2.26. The smallest absolute Gasteiger partial charge is 0.124 e. The molecule has 2 rings (SSSR count). The molecule has 148 valence electrons. The van der Waals surface area contributed by atoms with Gasteiger partial charge in [0, 0.05) is 32.7 Å². The molecule has 0 radical (unpaired) electrons. The van der Waals surface area contributed by atoms with Crippen molar-refractivity contribution >= 4 is 34.8 Å². The molecule has 0 saturated heterocycles. The summed E-state index contributed by atoms with van der Waals surface area (Å²) in [6, 6.07) is 11.1. The molecule has 0 aromatic heterocycles. The van der Waals surface area contributed by atoms with Crippen LogP contribution in [0.1, 0.15) is 31.4 Å². The third kappa shape index (κ3) is 7.52. The number of halogens is 3. The van der Waals surface area contributed by atoms with Crippen molar-refractivity contribution in [2.24, 2.45) is 0 Å². The molecule has 6 heteroatoms. The SMILES string of the molecule is CCN(CC)CCCNCc1cc(Cl)ccc1OCc1ccc(Cl)cc1Cl. The Hall–Kier alpha value is -0.970. The minimum atomic E-state index is 0.382. The first-order valence-corrected chi connectivity index (χ1v) is 10.4. The molecule has 0 aliphatic carbocycles. The Bertz CT molecular complexity index is 721. The van der Waals surface area contributed by atoms with E-state index in [-0.39, 0.29) is 0 Å². The molecule has 0 amide bonds. The van der Waals surface area contributed by atoms with Gasteiger partial charge in [0.1, 0.15) is 12.4 Å². The molecule has 0 aliphatic rings. The Balaban J connectivity index is 1.90. The van der Waals surface area contributed by atoms with E-state index in [0.29, 0.717) is 28.2 Å². The van der Waals surface area contributed by atoms with E-state index >= 15 is 0 Å². The highest BCUT2D eigenvalue weighted by atomic mass is 35.5. The second-order valence-electron chi connectivity index (χ2n) is 6.33. The van der Waals surface area contributed by atoms with E-state index in [2.05, 4.69) is 24.1 Å². The van der Waals surface area contributed by atoms with Crippen LogP contribution in [-0.2, 0) is 13.2 Å². The van der Waals surface area contributed by atoms with Gasteiger partial charge in [-0.05, 0) is 62.9 Å². The Kier molecular flexibility index (Phi) is 9.74. The zero-order valence-electron chi connectivity index (χ0n) is 15.9. The van der Waals surface area contributed by atoms with Crippen molar-refractivity contribution in [3.63, 3.8) is 0 Å². The number of hydrogen-bond acceptors (Lipinski definition) is 3. The first-order chi connectivity index (χ1) is 13.0. The summed E-state index contributed by atoms with van der Waals surface area (Å²) in [4.78, 5) is 2.42. The third-order valence-corrected chi connectivity index (χ3v) is 5.28. The molecule has 0 spiro atoms. The quantitative estimate of drug-likeness (QED) is 0.440. The van der Waals surface area contributed by atoms with Gasteiger partial charge in [-0.15, -0.1) is 0 Å². The minimum absolute atomic E-state index is 0.382. The summed E-state index contributed by atoms with van der Waals surface area (Å²) >= 11 is 18.3. The number of benzene rings is 2. The molecule has 0 unspecified atom stereocenters. The van der Waals surface area contributed by atoms with Gasteiger partial charge in [-0.2, -0.15) is 0 Å². The van der Waals surface area contributed by atoms with Crippen LogP contribution in [-0.4, -0.2) is 31.1 Å². The van der Waals surface area contributed by atoms with Crippen molar-refractivity contribution in [3.8, 4) is 5.75 Å². The normalized spacial score (nSPS) is 11.2. The molecule has 0 heterocycles. The molecule has 0 saturated carbocycles. The first kappa shape index (κ1) is 22.3. The average molecular weight is 430 g/mol. The molecule has 0 aliphatic heterocycles. The standard InChI is InChI=1S/C21H27Cl3N2O/c1-3-26(4-2)11-5-10-25-14-17-12-18(22)8-9-21(17)27-15-16-6-7-19(23)13-20(16)24/h6-9,12-13,25H,3-5,10-11,14-15H2,1-2H3. The van der Waals surface area contributed by atoms with Gasteiger partial charge in [-0.3, -0.25) is 0 Å². The number of nitrogens with one attached hydrogen (secondary N) is 1. The number of rotatable bonds is 11. The fraction of sp³-hybridized carbons (Fsp3) is 0.429. The van der Waals surface area contributed by atoms with Crippen LogP contribution >= 0.6 is 34.8 Å². The van der Waals surface area contributed by atoms with Crippen molar-refractivity contribution < 1.29 is 4.74 Å². The highest BCUT2D eigenvalue weighted by Gasteiger charge is 2.08. The summed E-state index contributed by atoms with van der Waals surface area (Å²) in [5, 5.41) is 5.40. The summed E-state index contributed by atoms with van der Waals surface area (Å²) in [6.45, 7) is 9.72. The Morgan fingerprint density at radius 3 is 2.33 bits per heavy atom. The first-order valence-electron chi connectivity index (χ1n) is 9.31. The van der Waals surface area contributed by atoms with Crippen LogP contribution in [0, 0.1) is 0 Å². The van der Waals surface area contributed by atoms with Gasteiger partial charge in [0.15, 0.2) is 0 Å². The van der Waals surface area contributed by atoms with Crippen LogP contribution in [0.4, 0.5) is 0 Å². The van der Waals surface area contributed by atoms with Crippen LogP contribution in [0.15, 0.2) is 36.4 Å². The van der Waals surface area contributed by atoms with Crippen LogP contribution in [0.25, 0.3) is 0 Å². The molecular weight excluding hydrogens is 403 g/mol. The molecule has 1 N–H and O–H groups in total. The van der Waals surface area contributed by atoms with E-state index in [1.54, 1.807) is 6.07 Å². The predicted molar refractivity (Wildman–Crippen MR) is 116 cm³/mol. The lowest BCUT2D eigenvalue weighted by Crippen LogP contribution is -2.27. The van der Waals surface area contributed by atoms with Crippen molar-refractivity contribution in [2.75, 3.05) is 26.2 Å². The largest absolute Gasteiger partial charge is 0.489 e. The molecule has 0 bridgehead atoms. The molecule has 27 heavy (non-hydrogen) atoms. The van der Waals surface area contributed by atoms with Gasteiger partial charge in [-0.1, -0.05) is 54.7 Å². The van der Waals surface area contributed by atoms with Gasteiger partial charge in [0.05, 0.1) is 0 Å². The predicted octanol–water partition coefficient (Wildman–Crippen LogP) is 6.05. The Morgan fingerprint density at radius 2 is 1.63 bits per heavy atom. The number of hydrogen-bond donors (Lipinski definition) is 1. The van der Waals surface area contributed by atoms with Crippen molar-refractivity contribution in [2.45, 2.75) is 33.4 Å². The lowest BCUT2D eigenvalue weighted by Gasteiger charge is -2.18. The topological polar surface area (TPSA) is 24.5 Å². The van der Waals surface area contributed by atoms with E-state index in [4.69, 9.17) is 39.5 Å². The maximum Gasteiger partial charge on any atom is 0.124 e. The summed E-state index contributed by atoms with van der Waals surface area (Å²) in [5.41, 5.74) is 1.93. The van der Waals surface area contributed by atoms with Crippen molar-refractivity contribution in [3.05, 3.63) is 62.6 Å². The number of ether oxygens (including phenoxy) is 1. The van der Waals surface area contributed by atoms with Crippen molar-refractivity contribution in [1.29, 1.82) is 0 Å². The highest BCUT2D eigenvalue weighted by molar-refractivity contribution is 6.35. The summed E-state index contributed by atoms with van der Waals surface area (Å²) < 4.78 is 5.99. The monoisotopic (exact) mass is 428 g/mol. The molecule has 3 nitrogen and oxygen atoms in total. The summed E-state index contributed by atoms with van der Waals surface area (Å²) in [7, 11) is 0. The van der Waals surface area contributed by atoms with Crippen LogP contribution in [0.2, 0.25) is 15.1 Å². The zero-order chi connectivity index (χ0) is 19.6. The fourth-order valence-corrected chi connectivity index (χ4v) is 3.47. The van der Waals surface area contributed by atoms with Gasteiger partial charge < -0.3 is 15.0 Å². The number of nitrogens with zero attached hydrogens (tertiary/aromatic N) is 1. The zero-order valence-corrected chi connectivity index (χ0v) is 18.2. The van der Waals surface area contributed by atoms with Gasteiger partial charge >= 0.3 is 0 Å². The lowest BCUT2D eigenvalue weighted by molar-refractivity contribution is 0.295. The van der Waals surface area contributed by atoms with E-state index in [9.17, 15) is 0 Å². The Morgan fingerprint density at radius 1 is 0.926 bits per heavy atom. The Labute approximate surface area is 177 Å².